The second-order valence-corrected chi connectivity index (χ2v) is 5.96. The molecule has 2 heteroatoms. The van der Waals surface area contributed by atoms with E-state index in [1.807, 2.05) is 0 Å². The van der Waals surface area contributed by atoms with E-state index >= 15 is 0 Å². The fourth-order valence-electron chi connectivity index (χ4n) is 1.41. The summed E-state index contributed by atoms with van der Waals surface area (Å²) in [6.07, 6.45) is 4.67. The van der Waals surface area contributed by atoms with Gasteiger partial charge in [0.1, 0.15) is 0 Å². The van der Waals surface area contributed by atoms with Gasteiger partial charge in [-0.3, -0.25) is 0 Å². The second-order valence-electron chi connectivity index (χ2n) is 3.57. The standard InChI is InChI=1S/C12H14OSe/c1-9(2)13-12-8-7-10-5-3-4-6-11(10)14-12/h3-9,12H,1-2H3. The monoisotopic (exact) mass is 254 g/mol. The molecule has 1 aromatic rings. The first kappa shape index (κ1) is 9.97. The van der Waals surface area contributed by atoms with Crippen LogP contribution in [-0.2, 0) is 4.74 Å². The number of fused-ring (bicyclic) bond motifs is 1. The molecule has 1 unspecified atom stereocenters. The van der Waals surface area contributed by atoms with E-state index in [1.54, 1.807) is 0 Å². The number of ether oxygens (including phenoxy) is 1. The summed E-state index contributed by atoms with van der Waals surface area (Å²) in [5.74, 6) is 0. The predicted molar refractivity (Wildman–Crippen MR) is 60.9 cm³/mol. The average molecular weight is 253 g/mol. The Labute approximate surface area is 91.3 Å². The Kier molecular flexibility index (Phi) is 3.07. The summed E-state index contributed by atoms with van der Waals surface area (Å²) >= 11 is 0.426. The van der Waals surface area contributed by atoms with Gasteiger partial charge in [-0.05, 0) is 0 Å². The van der Waals surface area contributed by atoms with E-state index in [9.17, 15) is 0 Å². The van der Waals surface area contributed by atoms with E-state index in [2.05, 4.69) is 50.3 Å². The molecule has 1 nitrogen and oxygen atoms in total. The van der Waals surface area contributed by atoms with E-state index in [0.29, 0.717) is 26.1 Å². The van der Waals surface area contributed by atoms with Crippen molar-refractivity contribution in [1.82, 2.24) is 0 Å². The van der Waals surface area contributed by atoms with Crippen LogP contribution in [0.25, 0.3) is 6.08 Å². The summed E-state index contributed by atoms with van der Waals surface area (Å²) in [6, 6.07) is 8.56. The van der Waals surface area contributed by atoms with Gasteiger partial charge in [-0.15, -0.1) is 0 Å². The molecule has 1 atom stereocenters. The first-order valence-corrected chi connectivity index (χ1v) is 6.69. The van der Waals surface area contributed by atoms with E-state index in [4.69, 9.17) is 4.74 Å². The zero-order chi connectivity index (χ0) is 9.97. The third-order valence-electron chi connectivity index (χ3n) is 2.00. The molecule has 14 heavy (non-hydrogen) atoms. The SMILES string of the molecule is CC(C)OC1C=Cc2ccccc2[Se]1. The van der Waals surface area contributed by atoms with Gasteiger partial charge in [0.2, 0.25) is 0 Å². The topological polar surface area (TPSA) is 9.23 Å². The Hall–Kier alpha value is -0.561. The van der Waals surface area contributed by atoms with Crippen molar-refractivity contribution in [2.75, 3.05) is 0 Å². The van der Waals surface area contributed by atoms with Gasteiger partial charge in [0.05, 0.1) is 0 Å². The Balaban J connectivity index is 2.13. The number of benzene rings is 1. The van der Waals surface area contributed by atoms with E-state index in [0.717, 1.165) is 0 Å². The Bertz CT molecular complexity index is 344. The maximum absolute atomic E-state index is 5.79. The Morgan fingerprint density at radius 3 is 2.86 bits per heavy atom. The van der Waals surface area contributed by atoms with Crippen molar-refractivity contribution < 1.29 is 4.74 Å². The van der Waals surface area contributed by atoms with Gasteiger partial charge >= 0.3 is 91.1 Å². The molecule has 1 aromatic carbocycles. The van der Waals surface area contributed by atoms with Crippen LogP contribution in [0.5, 0.6) is 0 Å². The quantitative estimate of drug-likeness (QED) is 0.730. The van der Waals surface area contributed by atoms with Crippen molar-refractivity contribution in [2.45, 2.75) is 25.0 Å². The van der Waals surface area contributed by atoms with E-state index in [-0.39, 0.29) is 0 Å². The molecule has 0 bridgehead atoms. The van der Waals surface area contributed by atoms with Crippen molar-refractivity contribution in [2.24, 2.45) is 0 Å². The fourth-order valence-corrected chi connectivity index (χ4v) is 3.75. The first-order valence-electron chi connectivity index (χ1n) is 4.85. The van der Waals surface area contributed by atoms with Crippen LogP contribution in [0.4, 0.5) is 0 Å². The van der Waals surface area contributed by atoms with Gasteiger partial charge in [0.15, 0.2) is 0 Å². The molecule has 0 radical (unpaired) electrons. The molecule has 0 fully saturated rings. The van der Waals surface area contributed by atoms with Gasteiger partial charge in [0, 0.05) is 0 Å². The zero-order valence-corrected chi connectivity index (χ0v) is 10.1. The van der Waals surface area contributed by atoms with Crippen LogP contribution in [0.15, 0.2) is 30.3 Å². The number of hydrogen-bond donors (Lipinski definition) is 0. The summed E-state index contributed by atoms with van der Waals surface area (Å²) in [5.41, 5.74) is 1.36. The van der Waals surface area contributed by atoms with Crippen molar-refractivity contribution in [3.8, 4) is 0 Å². The normalized spacial score (nSPS) is 19.8. The number of rotatable bonds is 2. The minimum atomic E-state index is 0.316. The minimum absolute atomic E-state index is 0.316. The molecular weight excluding hydrogens is 239 g/mol. The van der Waals surface area contributed by atoms with Crippen LogP contribution < -0.4 is 4.46 Å². The van der Waals surface area contributed by atoms with Crippen LogP contribution in [-0.4, -0.2) is 26.1 Å². The molecule has 2 rings (SSSR count). The van der Waals surface area contributed by atoms with Gasteiger partial charge in [-0.1, -0.05) is 0 Å². The summed E-state index contributed by atoms with van der Waals surface area (Å²) in [6.45, 7) is 4.18. The third-order valence-corrected chi connectivity index (χ3v) is 4.36. The number of hydrogen-bond acceptors (Lipinski definition) is 1. The summed E-state index contributed by atoms with van der Waals surface area (Å²) < 4.78 is 7.24. The molecular formula is C12H14OSe. The Morgan fingerprint density at radius 2 is 2.07 bits per heavy atom. The maximum atomic E-state index is 5.79. The van der Waals surface area contributed by atoms with E-state index < -0.39 is 0 Å². The van der Waals surface area contributed by atoms with Gasteiger partial charge in [0.25, 0.3) is 0 Å². The molecule has 74 valence electrons. The van der Waals surface area contributed by atoms with Crippen molar-refractivity contribution in [3.05, 3.63) is 35.9 Å². The summed E-state index contributed by atoms with van der Waals surface area (Å²) in [7, 11) is 0. The molecule has 1 aliphatic heterocycles. The average Bonchev–Trinajstić information content (AvgIpc) is 2.17. The molecule has 0 N–H and O–H groups in total. The Morgan fingerprint density at radius 1 is 1.29 bits per heavy atom. The van der Waals surface area contributed by atoms with Crippen molar-refractivity contribution in [1.29, 1.82) is 0 Å². The molecule has 0 aromatic heterocycles. The van der Waals surface area contributed by atoms with Crippen molar-refractivity contribution in [3.63, 3.8) is 0 Å². The van der Waals surface area contributed by atoms with Crippen LogP contribution in [0.3, 0.4) is 0 Å². The third kappa shape index (κ3) is 2.27. The summed E-state index contributed by atoms with van der Waals surface area (Å²) in [4.78, 5) is 0. The van der Waals surface area contributed by atoms with Crippen molar-refractivity contribution >= 4 is 25.5 Å². The van der Waals surface area contributed by atoms with Crippen LogP contribution in [0.1, 0.15) is 19.4 Å². The predicted octanol–water partition coefficient (Wildman–Crippen LogP) is 1.79. The zero-order valence-electron chi connectivity index (χ0n) is 8.44. The molecule has 0 saturated carbocycles. The second kappa shape index (κ2) is 4.31. The van der Waals surface area contributed by atoms with Gasteiger partial charge in [-0.25, -0.2) is 0 Å². The van der Waals surface area contributed by atoms with Crippen LogP contribution >= 0.6 is 0 Å². The van der Waals surface area contributed by atoms with Crippen LogP contribution in [0, 0.1) is 0 Å². The van der Waals surface area contributed by atoms with Gasteiger partial charge in [-0.2, -0.15) is 0 Å². The molecule has 0 aliphatic carbocycles. The molecule has 1 heterocycles. The first-order chi connectivity index (χ1) is 6.75. The molecule has 0 spiro atoms. The van der Waals surface area contributed by atoms with Crippen LogP contribution in [0.2, 0.25) is 0 Å². The molecule has 0 saturated heterocycles. The van der Waals surface area contributed by atoms with E-state index in [1.165, 1.54) is 10.0 Å². The summed E-state index contributed by atoms with van der Waals surface area (Å²) in [5, 5.41) is 0.317. The molecule has 0 amide bonds. The molecule has 1 aliphatic rings. The fraction of sp³-hybridized carbons (Fsp3) is 0.333. The van der Waals surface area contributed by atoms with Gasteiger partial charge < -0.3 is 0 Å².